The Morgan fingerprint density at radius 1 is 1.20 bits per heavy atom. The second kappa shape index (κ2) is 6.96. The first kappa shape index (κ1) is 13.6. The molecule has 0 unspecified atom stereocenters. The molecule has 0 aliphatic rings. The van der Waals surface area contributed by atoms with Crippen molar-refractivity contribution in [2.24, 2.45) is 0 Å². The van der Waals surface area contributed by atoms with Gasteiger partial charge in [-0.25, -0.2) is 0 Å². The topological polar surface area (TPSA) is 124 Å². The van der Waals surface area contributed by atoms with Crippen LogP contribution in [0.5, 0.6) is 0 Å². The van der Waals surface area contributed by atoms with Crippen molar-refractivity contribution in [2.75, 3.05) is 0 Å². The Morgan fingerprint density at radius 3 is 1.87 bits per heavy atom. The first-order valence-electron chi connectivity index (χ1n) is 3.85. The third kappa shape index (κ3) is 5.13. The van der Waals surface area contributed by atoms with Gasteiger partial charge in [-0.3, -0.25) is 10.1 Å². The highest BCUT2D eigenvalue weighted by Gasteiger charge is 2.12. The van der Waals surface area contributed by atoms with Gasteiger partial charge in [-0.05, 0) is 5.46 Å². The maximum Gasteiger partial charge on any atom is 0.488 e. The summed E-state index contributed by atoms with van der Waals surface area (Å²) in [4.78, 5) is 9.61. The number of benzene rings is 1. The lowest BCUT2D eigenvalue weighted by Crippen LogP contribution is -2.29. The predicted molar refractivity (Wildman–Crippen MR) is 54.5 cm³/mol. The third-order valence-electron chi connectivity index (χ3n) is 1.40. The molecule has 0 aromatic heterocycles. The molecular formula is C6H9B2NO6. The molecule has 0 aliphatic carbocycles. The first-order chi connectivity index (χ1) is 7.02. The highest BCUT2D eigenvalue weighted by molar-refractivity contribution is 6.58. The molecule has 1 aromatic rings. The van der Waals surface area contributed by atoms with Crippen molar-refractivity contribution in [3.8, 4) is 0 Å². The van der Waals surface area contributed by atoms with E-state index >= 15 is 0 Å². The van der Waals surface area contributed by atoms with E-state index in [1.54, 1.807) is 0 Å². The van der Waals surface area contributed by atoms with Gasteiger partial charge in [0.25, 0.3) is 5.69 Å². The van der Waals surface area contributed by atoms with Crippen LogP contribution in [0.2, 0.25) is 0 Å². The number of nitrogens with zero attached hydrogens (tertiary/aromatic N) is 1. The average Bonchev–Trinajstić information content (AvgIpc) is 2.19. The maximum atomic E-state index is 10.2. The lowest BCUT2D eigenvalue weighted by Gasteiger charge is -1.96. The summed E-state index contributed by atoms with van der Waals surface area (Å²) in [6.07, 6.45) is 0. The summed E-state index contributed by atoms with van der Waals surface area (Å²) in [5, 5.41) is 41.7. The summed E-state index contributed by atoms with van der Waals surface area (Å²) < 4.78 is 0. The Kier molecular flexibility index (Phi) is 6.30. The van der Waals surface area contributed by atoms with Crippen LogP contribution in [0.3, 0.4) is 0 Å². The molecule has 1 aromatic carbocycles. The van der Waals surface area contributed by atoms with Crippen molar-refractivity contribution >= 4 is 26.0 Å². The molecule has 0 atom stereocenters. The molecule has 1 rings (SSSR count). The SMILES string of the molecule is O=[N+]([O-])c1ccc(B(O)O)cc1.OBO. The first-order valence-corrected chi connectivity index (χ1v) is 3.85. The van der Waals surface area contributed by atoms with Crippen molar-refractivity contribution in [3.63, 3.8) is 0 Å². The van der Waals surface area contributed by atoms with Crippen LogP contribution in [0.25, 0.3) is 0 Å². The number of hydrogen-bond acceptors (Lipinski definition) is 6. The fourth-order valence-corrected chi connectivity index (χ4v) is 0.768. The Hall–Kier alpha value is -1.41. The Bertz CT molecular complexity index is 303. The van der Waals surface area contributed by atoms with Crippen molar-refractivity contribution in [3.05, 3.63) is 34.4 Å². The monoisotopic (exact) mass is 213 g/mol. The number of rotatable bonds is 2. The van der Waals surface area contributed by atoms with Gasteiger partial charge in [0.05, 0.1) is 4.92 Å². The van der Waals surface area contributed by atoms with Crippen molar-refractivity contribution < 1.29 is 25.0 Å². The van der Waals surface area contributed by atoms with E-state index in [1.165, 1.54) is 24.3 Å². The second-order valence-corrected chi connectivity index (χ2v) is 2.36. The zero-order valence-corrected chi connectivity index (χ0v) is 7.65. The predicted octanol–water partition coefficient (Wildman–Crippen LogP) is -2.49. The Morgan fingerprint density at radius 2 is 1.60 bits per heavy atom. The van der Waals surface area contributed by atoms with E-state index in [9.17, 15) is 10.1 Å². The van der Waals surface area contributed by atoms with E-state index in [2.05, 4.69) is 0 Å². The zero-order valence-electron chi connectivity index (χ0n) is 7.65. The molecule has 0 saturated heterocycles. The van der Waals surface area contributed by atoms with Gasteiger partial charge in [-0.15, -0.1) is 0 Å². The molecule has 0 saturated carbocycles. The maximum absolute atomic E-state index is 10.2. The van der Waals surface area contributed by atoms with Gasteiger partial charge in [0.2, 0.25) is 0 Å². The van der Waals surface area contributed by atoms with Crippen molar-refractivity contribution in [1.29, 1.82) is 0 Å². The third-order valence-corrected chi connectivity index (χ3v) is 1.40. The molecule has 9 heteroatoms. The smallest absolute Gasteiger partial charge is 0.430 e. The van der Waals surface area contributed by atoms with Gasteiger partial charge >= 0.3 is 14.8 Å². The molecule has 0 radical (unpaired) electrons. The van der Waals surface area contributed by atoms with Gasteiger partial charge in [0.1, 0.15) is 0 Å². The molecule has 15 heavy (non-hydrogen) atoms. The van der Waals surface area contributed by atoms with E-state index in [1.807, 2.05) is 0 Å². The number of nitro benzene ring substituents is 1. The highest BCUT2D eigenvalue weighted by Crippen LogP contribution is 2.06. The molecule has 0 heterocycles. The minimum atomic E-state index is -1.58. The quantitative estimate of drug-likeness (QED) is 0.244. The summed E-state index contributed by atoms with van der Waals surface area (Å²) in [5.74, 6) is 0. The van der Waals surface area contributed by atoms with E-state index < -0.39 is 19.7 Å². The normalized spacial score (nSPS) is 8.53. The average molecular weight is 213 g/mol. The van der Waals surface area contributed by atoms with Crippen LogP contribution in [-0.2, 0) is 0 Å². The van der Waals surface area contributed by atoms with Crippen LogP contribution in [-0.4, -0.2) is 39.8 Å². The fraction of sp³-hybridized carbons (Fsp3) is 0. The zero-order chi connectivity index (χ0) is 11.8. The van der Waals surface area contributed by atoms with Crippen molar-refractivity contribution in [2.45, 2.75) is 0 Å². The number of nitro groups is 1. The van der Waals surface area contributed by atoms with Gasteiger partial charge in [0, 0.05) is 12.1 Å². The molecular weight excluding hydrogens is 204 g/mol. The second-order valence-electron chi connectivity index (χ2n) is 2.36. The minimum absolute atomic E-state index is 0.0700. The minimum Gasteiger partial charge on any atom is -0.430 e. The molecule has 0 aliphatic heterocycles. The van der Waals surface area contributed by atoms with E-state index in [4.69, 9.17) is 20.1 Å². The largest absolute Gasteiger partial charge is 0.488 e. The molecule has 0 amide bonds. The highest BCUT2D eigenvalue weighted by atomic mass is 16.6. The van der Waals surface area contributed by atoms with E-state index in [0.29, 0.717) is 0 Å². The van der Waals surface area contributed by atoms with E-state index in [-0.39, 0.29) is 11.2 Å². The number of non-ortho nitro benzene ring substituents is 1. The molecule has 0 spiro atoms. The van der Waals surface area contributed by atoms with Gasteiger partial charge in [0.15, 0.2) is 0 Å². The summed E-state index contributed by atoms with van der Waals surface area (Å²) in [7, 11) is -2.33. The van der Waals surface area contributed by atoms with E-state index in [0.717, 1.165) is 0 Å². The molecule has 80 valence electrons. The Labute approximate surface area is 86.2 Å². The van der Waals surface area contributed by atoms with Gasteiger partial charge in [-0.2, -0.15) is 0 Å². The van der Waals surface area contributed by atoms with Crippen LogP contribution < -0.4 is 5.46 Å². The lowest BCUT2D eigenvalue weighted by atomic mass is 9.80. The van der Waals surface area contributed by atoms with Gasteiger partial charge < -0.3 is 20.1 Å². The fourth-order valence-electron chi connectivity index (χ4n) is 0.768. The molecule has 7 nitrogen and oxygen atoms in total. The van der Waals surface area contributed by atoms with Crippen LogP contribution in [0.4, 0.5) is 5.69 Å². The summed E-state index contributed by atoms with van der Waals surface area (Å²) >= 11 is 0. The molecule has 0 fully saturated rings. The van der Waals surface area contributed by atoms with Crippen LogP contribution in [0.1, 0.15) is 0 Å². The van der Waals surface area contributed by atoms with Crippen LogP contribution >= 0.6 is 0 Å². The Balaban J connectivity index is 0.000000583. The lowest BCUT2D eigenvalue weighted by molar-refractivity contribution is -0.384. The number of hydrogen-bond donors (Lipinski definition) is 4. The summed E-state index contributed by atoms with van der Waals surface area (Å²) in [5.41, 5.74) is 0.167. The summed E-state index contributed by atoms with van der Waals surface area (Å²) in [6, 6.07) is 5.02. The van der Waals surface area contributed by atoms with Crippen LogP contribution in [0.15, 0.2) is 24.3 Å². The van der Waals surface area contributed by atoms with Crippen molar-refractivity contribution in [1.82, 2.24) is 0 Å². The summed E-state index contributed by atoms with van der Waals surface area (Å²) in [6.45, 7) is 0. The molecule has 4 N–H and O–H groups in total. The van der Waals surface area contributed by atoms with Crippen LogP contribution in [0, 0.1) is 10.1 Å². The standard InChI is InChI=1S/C6H6BNO4.BH3O2/c9-7(10)5-1-3-6(4-2-5)8(11)12;2-1-3/h1-4,9-10H;1-3H. The molecule has 0 bridgehead atoms. The van der Waals surface area contributed by atoms with Gasteiger partial charge in [-0.1, -0.05) is 12.1 Å².